The van der Waals surface area contributed by atoms with Crippen molar-refractivity contribution in [3.63, 3.8) is 0 Å². The van der Waals surface area contributed by atoms with Crippen molar-refractivity contribution < 1.29 is 5.11 Å². The molecule has 17 heavy (non-hydrogen) atoms. The molecule has 4 heteroatoms. The van der Waals surface area contributed by atoms with Crippen LogP contribution in [0.25, 0.3) is 0 Å². The first-order chi connectivity index (χ1) is 8.18. The van der Waals surface area contributed by atoms with E-state index in [0.29, 0.717) is 5.02 Å². The lowest BCUT2D eigenvalue weighted by Gasteiger charge is -2.23. The summed E-state index contributed by atoms with van der Waals surface area (Å²) >= 11 is 8.20. The number of benzene rings is 1. The highest BCUT2D eigenvalue weighted by molar-refractivity contribution is 7.99. The van der Waals surface area contributed by atoms with E-state index in [4.69, 9.17) is 11.6 Å². The first-order valence-corrected chi connectivity index (χ1v) is 7.52. The maximum absolute atomic E-state index is 9.55. The largest absolute Gasteiger partial charge is 0.389 e. The standard InChI is InChI=1S/C13H18ClNOS/c1-10(16)12-4-3-11(9-13(12)14)15-5-2-7-17-8-6-15/h3-4,9-10,16H,2,5-8H2,1H3. The number of hydrogen-bond donors (Lipinski definition) is 1. The van der Waals surface area contributed by atoms with Gasteiger partial charge in [-0.3, -0.25) is 0 Å². The first kappa shape index (κ1) is 13.1. The Balaban J connectivity index is 2.18. The molecule has 0 aliphatic carbocycles. The Bertz CT molecular complexity index is 376. The van der Waals surface area contributed by atoms with Crippen molar-refractivity contribution in [3.05, 3.63) is 28.8 Å². The van der Waals surface area contributed by atoms with Gasteiger partial charge in [0.2, 0.25) is 0 Å². The molecule has 1 saturated heterocycles. The highest BCUT2D eigenvalue weighted by atomic mass is 35.5. The van der Waals surface area contributed by atoms with Crippen LogP contribution >= 0.6 is 23.4 Å². The van der Waals surface area contributed by atoms with Crippen LogP contribution in [0.4, 0.5) is 5.69 Å². The summed E-state index contributed by atoms with van der Waals surface area (Å²) in [5.41, 5.74) is 1.97. The van der Waals surface area contributed by atoms with Crippen molar-refractivity contribution in [1.29, 1.82) is 0 Å². The van der Waals surface area contributed by atoms with Crippen LogP contribution in [0.3, 0.4) is 0 Å². The molecule has 1 unspecified atom stereocenters. The van der Waals surface area contributed by atoms with Crippen molar-refractivity contribution in [2.24, 2.45) is 0 Å². The lowest BCUT2D eigenvalue weighted by molar-refractivity contribution is 0.199. The molecule has 94 valence electrons. The zero-order chi connectivity index (χ0) is 12.3. The van der Waals surface area contributed by atoms with E-state index in [0.717, 1.165) is 18.7 Å². The maximum Gasteiger partial charge on any atom is 0.0776 e. The molecule has 1 atom stereocenters. The van der Waals surface area contributed by atoms with Crippen molar-refractivity contribution in [3.8, 4) is 0 Å². The molecule has 1 heterocycles. The lowest BCUT2D eigenvalue weighted by atomic mass is 10.1. The number of aliphatic hydroxyl groups excluding tert-OH is 1. The number of anilines is 1. The van der Waals surface area contributed by atoms with E-state index in [1.807, 2.05) is 23.9 Å². The quantitative estimate of drug-likeness (QED) is 0.893. The van der Waals surface area contributed by atoms with E-state index in [1.54, 1.807) is 6.92 Å². The van der Waals surface area contributed by atoms with Gasteiger partial charge in [0.15, 0.2) is 0 Å². The fraction of sp³-hybridized carbons (Fsp3) is 0.538. The monoisotopic (exact) mass is 271 g/mol. The summed E-state index contributed by atoms with van der Waals surface area (Å²) in [7, 11) is 0. The van der Waals surface area contributed by atoms with Crippen LogP contribution in [-0.2, 0) is 0 Å². The van der Waals surface area contributed by atoms with E-state index in [9.17, 15) is 5.11 Å². The van der Waals surface area contributed by atoms with Crippen LogP contribution in [-0.4, -0.2) is 29.7 Å². The van der Waals surface area contributed by atoms with Crippen LogP contribution in [0.1, 0.15) is 25.0 Å². The second-order valence-corrected chi connectivity index (χ2v) is 5.97. The normalized spacial score (nSPS) is 18.9. The predicted octanol–water partition coefficient (Wildman–Crippen LogP) is 3.34. The molecule has 2 nitrogen and oxygen atoms in total. The van der Waals surface area contributed by atoms with Crippen LogP contribution < -0.4 is 4.90 Å². The van der Waals surface area contributed by atoms with Crippen molar-refractivity contribution in [2.45, 2.75) is 19.4 Å². The lowest BCUT2D eigenvalue weighted by Crippen LogP contribution is -2.25. The summed E-state index contributed by atoms with van der Waals surface area (Å²) in [4.78, 5) is 2.37. The number of aliphatic hydroxyl groups is 1. The van der Waals surface area contributed by atoms with E-state index in [-0.39, 0.29) is 0 Å². The Kier molecular flexibility index (Phi) is 4.60. The third-order valence-electron chi connectivity index (χ3n) is 3.02. The SMILES string of the molecule is CC(O)c1ccc(N2CCCSCC2)cc1Cl. The van der Waals surface area contributed by atoms with Crippen LogP contribution in [0.2, 0.25) is 5.02 Å². The average molecular weight is 272 g/mol. The first-order valence-electron chi connectivity index (χ1n) is 5.98. The summed E-state index contributed by atoms with van der Waals surface area (Å²) < 4.78 is 0. The molecule has 1 aliphatic rings. The summed E-state index contributed by atoms with van der Waals surface area (Å²) in [5, 5.41) is 10.2. The van der Waals surface area contributed by atoms with Gasteiger partial charge in [-0.25, -0.2) is 0 Å². The van der Waals surface area contributed by atoms with Crippen molar-refractivity contribution >= 4 is 29.1 Å². The van der Waals surface area contributed by atoms with Crippen LogP contribution in [0.15, 0.2) is 18.2 Å². The Hall–Kier alpha value is -0.380. The molecule has 0 amide bonds. The van der Waals surface area contributed by atoms with Crippen LogP contribution in [0, 0.1) is 0 Å². The topological polar surface area (TPSA) is 23.5 Å². The van der Waals surface area contributed by atoms with Gasteiger partial charge < -0.3 is 10.0 Å². The maximum atomic E-state index is 9.55. The highest BCUT2D eigenvalue weighted by Gasteiger charge is 2.13. The smallest absolute Gasteiger partial charge is 0.0776 e. The Morgan fingerprint density at radius 1 is 1.35 bits per heavy atom. The zero-order valence-electron chi connectivity index (χ0n) is 10.0. The zero-order valence-corrected chi connectivity index (χ0v) is 11.6. The van der Waals surface area contributed by atoms with Crippen molar-refractivity contribution in [2.75, 3.05) is 29.5 Å². The number of thioether (sulfide) groups is 1. The number of rotatable bonds is 2. The van der Waals surface area contributed by atoms with Gasteiger partial charge in [-0.15, -0.1) is 0 Å². The van der Waals surface area contributed by atoms with Gasteiger partial charge in [0.1, 0.15) is 0 Å². The molecular weight excluding hydrogens is 254 g/mol. The number of hydrogen-bond acceptors (Lipinski definition) is 3. The molecule has 0 bridgehead atoms. The fourth-order valence-corrected chi connectivity index (χ4v) is 3.28. The molecule has 0 radical (unpaired) electrons. The van der Waals surface area contributed by atoms with Gasteiger partial charge >= 0.3 is 0 Å². The summed E-state index contributed by atoms with van der Waals surface area (Å²) in [6.45, 7) is 3.91. The Morgan fingerprint density at radius 2 is 2.18 bits per heavy atom. The summed E-state index contributed by atoms with van der Waals surface area (Å²) in [6.07, 6.45) is 0.719. The highest BCUT2D eigenvalue weighted by Crippen LogP contribution is 2.28. The molecule has 0 spiro atoms. The second kappa shape index (κ2) is 5.98. The van der Waals surface area contributed by atoms with E-state index >= 15 is 0 Å². The number of halogens is 1. The van der Waals surface area contributed by atoms with Gasteiger partial charge in [0, 0.05) is 29.6 Å². The van der Waals surface area contributed by atoms with E-state index < -0.39 is 6.10 Å². The summed E-state index contributed by atoms with van der Waals surface area (Å²) in [5.74, 6) is 2.42. The molecular formula is C13H18ClNOS. The Labute approximate surface area is 112 Å². The molecule has 1 fully saturated rings. The average Bonchev–Trinajstić information content (AvgIpc) is 2.56. The molecule has 0 aromatic heterocycles. The minimum Gasteiger partial charge on any atom is -0.389 e. The molecule has 1 aliphatic heterocycles. The minimum absolute atomic E-state index is 0.503. The molecule has 0 saturated carbocycles. The second-order valence-electron chi connectivity index (χ2n) is 4.33. The number of nitrogens with zero attached hydrogens (tertiary/aromatic N) is 1. The van der Waals surface area contributed by atoms with Crippen molar-refractivity contribution in [1.82, 2.24) is 0 Å². The molecule has 2 rings (SSSR count). The third-order valence-corrected chi connectivity index (χ3v) is 4.40. The Morgan fingerprint density at radius 3 is 2.88 bits per heavy atom. The minimum atomic E-state index is -0.503. The molecule has 1 N–H and O–H groups in total. The van der Waals surface area contributed by atoms with Gasteiger partial charge in [0.25, 0.3) is 0 Å². The van der Waals surface area contributed by atoms with E-state index in [1.165, 1.54) is 23.6 Å². The van der Waals surface area contributed by atoms with Gasteiger partial charge in [-0.2, -0.15) is 11.8 Å². The summed E-state index contributed by atoms with van der Waals surface area (Å²) in [6, 6.07) is 5.96. The predicted molar refractivity (Wildman–Crippen MR) is 76.2 cm³/mol. The molecule has 1 aromatic rings. The van der Waals surface area contributed by atoms with E-state index in [2.05, 4.69) is 11.0 Å². The third kappa shape index (κ3) is 3.30. The van der Waals surface area contributed by atoms with Gasteiger partial charge in [-0.05, 0) is 36.8 Å². The van der Waals surface area contributed by atoms with Gasteiger partial charge in [0.05, 0.1) is 6.10 Å². The molecule has 1 aromatic carbocycles. The van der Waals surface area contributed by atoms with Gasteiger partial charge in [-0.1, -0.05) is 17.7 Å². The fourth-order valence-electron chi connectivity index (χ4n) is 2.06. The van der Waals surface area contributed by atoms with Crippen LogP contribution in [0.5, 0.6) is 0 Å².